The number of tetrazole rings is 1. The summed E-state index contributed by atoms with van der Waals surface area (Å²) in [6, 6.07) is 11.9. The number of benzene rings is 1. The quantitative estimate of drug-likeness (QED) is 0.738. The minimum Gasteiger partial charge on any atom is -0.354 e. The number of hydrogen-bond donors (Lipinski definition) is 0. The average Bonchev–Trinajstić information content (AvgIpc) is 2.88. The van der Waals surface area contributed by atoms with Gasteiger partial charge in [0.2, 0.25) is 0 Å². The van der Waals surface area contributed by atoms with E-state index in [4.69, 9.17) is 0 Å². The molecule has 19 heavy (non-hydrogen) atoms. The molecule has 0 aliphatic heterocycles. The standard InChI is InChI=1S/C12H11BrN6/c1-18(8-9-4-2-3-5-10(9)13)12-7-6-11-14-16-17-19(11)15-12/h2-7H,8H2,1H3. The summed E-state index contributed by atoms with van der Waals surface area (Å²) in [6.45, 7) is 0.752. The molecule has 0 amide bonds. The largest absolute Gasteiger partial charge is 0.354 e. The van der Waals surface area contributed by atoms with Gasteiger partial charge in [-0.2, -0.15) is 0 Å². The van der Waals surface area contributed by atoms with Crippen LogP contribution >= 0.6 is 15.9 Å². The summed E-state index contributed by atoms with van der Waals surface area (Å²) in [5.74, 6) is 0.815. The minimum absolute atomic E-state index is 0.637. The lowest BCUT2D eigenvalue weighted by Gasteiger charge is -2.18. The highest BCUT2D eigenvalue weighted by Crippen LogP contribution is 2.19. The van der Waals surface area contributed by atoms with Crippen LogP contribution in [0.5, 0.6) is 0 Å². The summed E-state index contributed by atoms with van der Waals surface area (Å²) in [7, 11) is 1.98. The van der Waals surface area contributed by atoms with Crippen molar-refractivity contribution in [2.24, 2.45) is 0 Å². The van der Waals surface area contributed by atoms with Crippen LogP contribution in [0.3, 0.4) is 0 Å². The molecular formula is C12H11BrN6. The molecule has 96 valence electrons. The monoisotopic (exact) mass is 318 g/mol. The van der Waals surface area contributed by atoms with Crippen molar-refractivity contribution in [1.82, 2.24) is 25.3 Å². The Balaban J connectivity index is 1.87. The van der Waals surface area contributed by atoms with Gasteiger partial charge in [0.05, 0.1) is 0 Å². The Bertz CT molecular complexity index is 710. The summed E-state index contributed by atoms with van der Waals surface area (Å²) in [5, 5.41) is 15.6. The van der Waals surface area contributed by atoms with E-state index >= 15 is 0 Å². The molecule has 3 rings (SSSR count). The maximum Gasteiger partial charge on any atom is 0.200 e. The normalized spacial score (nSPS) is 10.8. The first-order valence-electron chi connectivity index (χ1n) is 5.74. The number of nitrogens with zero attached hydrogens (tertiary/aromatic N) is 6. The fourth-order valence-corrected chi connectivity index (χ4v) is 2.22. The van der Waals surface area contributed by atoms with Crippen LogP contribution in [-0.4, -0.2) is 32.3 Å². The second-order valence-electron chi connectivity index (χ2n) is 4.17. The van der Waals surface area contributed by atoms with Gasteiger partial charge in [0, 0.05) is 18.1 Å². The first-order valence-corrected chi connectivity index (χ1v) is 6.53. The molecule has 0 N–H and O–H groups in total. The average molecular weight is 319 g/mol. The molecule has 0 radical (unpaired) electrons. The van der Waals surface area contributed by atoms with Crippen LogP contribution in [0.25, 0.3) is 5.65 Å². The zero-order valence-electron chi connectivity index (χ0n) is 10.2. The van der Waals surface area contributed by atoms with Crippen molar-refractivity contribution in [2.45, 2.75) is 6.54 Å². The Kier molecular flexibility index (Phi) is 3.12. The summed E-state index contributed by atoms with van der Waals surface area (Å²) >= 11 is 3.55. The highest BCUT2D eigenvalue weighted by molar-refractivity contribution is 9.10. The SMILES string of the molecule is CN(Cc1ccccc1Br)c1ccc2nnnn2n1. The van der Waals surface area contributed by atoms with E-state index in [-0.39, 0.29) is 0 Å². The van der Waals surface area contributed by atoms with Crippen molar-refractivity contribution in [3.8, 4) is 0 Å². The molecule has 0 aliphatic rings. The third kappa shape index (κ3) is 2.41. The molecule has 2 heterocycles. The second kappa shape index (κ2) is 4.93. The lowest BCUT2D eigenvalue weighted by molar-refractivity contribution is 0.720. The molecule has 0 spiro atoms. The van der Waals surface area contributed by atoms with E-state index < -0.39 is 0 Å². The van der Waals surface area contributed by atoms with Crippen molar-refractivity contribution in [2.75, 3.05) is 11.9 Å². The first-order chi connectivity index (χ1) is 9.24. The van der Waals surface area contributed by atoms with Gasteiger partial charge in [-0.1, -0.05) is 34.1 Å². The van der Waals surface area contributed by atoms with E-state index in [9.17, 15) is 0 Å². The molecule has 6 nitrogen and oxygen atoms in total. The predicted octanol–water partition coefficient (Wildman–Crippen LogP) is 1.92. The topological polar surface area (TPSA) is 59.2 Å². The van der Waals surface area contributed by atoms with Crippen molar-refractivity contribution in [1.29, 1.82) is 0 Å². The van der Waals surface area contributed by atoms with Gasteiger partial charge in [0.15, 0.2) is 11.5 Å². The Morgan fingerprint density at radius 1 is 1.21 bits per heavy atom. The smallest absolute Gasteiger partial charge is 0.200 e. The molecule has 0 saturated carbocycles. The van der Waals surface area contributed by atoms with Crippen LogP contribution in [0.1, 0.15) is 5.56 Å². The number of halogens is 1. The van der Waals surface area contributed by atoms with Crippen molar-refractivity contribution in [3.05, 3.63) is 46.4 Å². The van der Waals surface area contributed by atoms with Gasteiger partial charge in [-0.3, -0.25) is 0 Å². The van der Waals surface area contributed by atoms with E-state index in [1.165, 1.54) is 10.2 Å². The summed E-state index contributed by atoms with van der Waals surface area (Å²) in [4.78, 5) is 2.04. The third-order valence-corrected chi connectivity index (χ3v) is 3.59. The van der Waals surface area contributed by atoms with Gasteiger partial charge in [0.25, 0.3) is 0 Å². The van der Waals surface area contributed by atoms with Crippen molar-refractivity contribution >= 4 is 27.4 Å². The van der Waals surface area contributed by atoms with Crippen LogP contribution in [0.2, 0.25) is 0 Å². The van der Waals surface area contributed by atoms with Crippen LogP contribution in [-0.2, 0) is 6.54 Å². The minimum atomic E-state index is 0.637. The highest BCUT2D eigenvalue weighted by atomic mass is 79.9. The van der Waals surface area contributed by atoms with Gasteiger partial charge < -0.3 is 4.90 Å². The van der Waals surface area contributed by atoms with E-state index in [0.29, 0.717) is 5.65 Å². The molecule has 0 atom stereocenters. The number of fused-ring (bicyclic) bond motifs is 1. The van der Waals surface area contributed by atoms with Crippen LogP contribution in [0.4, 0.5) is 5.82 Å². The van der Waals surface area contributed by atoms with Gasteiger partial charge in [0.1, 0.15) is 0 Å². The van der Waals surface area contributed by atoms with E-state index in [2.05, 4.69) is 42.6 Å². The van der Waals surface area contributed by atoms with Gasteiger partial charge >= 0.3 is 0 Å². The molecule has 0 bridgehead atoms. The maximum atomic E-state index is 4.35. The predicted molar refractivity (Wildman–Crippen MR) is 74.8 cm³/mol. The van der Waals surface area contributed by atoms with Gasteiger partial charge in [-0.25, -0.2) is 0 Å². The molecule has 0 saturated heterocycles. The van der Waals surface area contributed by atoms with Crippen LogP contribution < -0.4 is 4.90 Å². The Labute approximate surface area is 118 Å². The molecule has 0 fully saturated rings. The third-order valence-electron chi connectivity index (χ3n) is 2.81. The zero-order chi connectivity index (χ0) is 13.2. The van der Waals surface area contributed by atoms with E-state index in [0.717, 1.165) is 16.8 Å². The van der Waals surface area contributed by atoms with E-state index in [1.54, 1.807) is 0 Å². The fraction of sp³-hybridized carbons (Fsp3) is 0.167. The Morgan fingerprint density at radius 3 is 2.89 bits per heavy atom. The number of rotatable bonds is 3. The summed E-state index contributed by atoms with van der Waals surface area (Å²) < 4.78 is 2.51. The number of anilines is 1. The Morgan fingerprint density at radius 2 is 2.05 bits per heavy atom. The fourth-order valence-electron chi connectivity index (χ4n) is 1.81. The number of hydrogen-bond acceptors (Lipinski definition) is 5. The molecule has 0 unspecified atom stereocenters. The molecular weight excluding hydrogens is 308 g/mol. The highest BCUT2D eigenvalue weighted by Gasteiger charge is 2.08. The maximum absolute atomic E-state index is 4.35. The lowest BCUT2D eigenvalue weighted by atomic mass is 10.2. The number of aromatic nitrogens is 5. The van der Waals surface area contributed by atoms with Crippen LogP contribution in [0.15, 0.2) is 40.9 Å². The lowest BCUT2D eigenvalue weighted by Crippen LogP contribution is -2.19. The first kappa shape index (κ1) is 12.0. The zero-order valence-corrected chi connectivity index (χ0v) is 11.8. The van der Waals surface area contributed by atoms with Gasteiger partial charge in [-0.05, 0) is 34.2 Å². The molecule has 7 heteroatoms. The molecule has 0 aliphatic carbocycles. The summed E-state index contributed by atoms with van der Waals surface area (Å²) in [5.41, 5.74) is 1.83. The van der Waals surface area contributed by atoms with Gasteiger partial charge in [-0.15, -0.1) is 14.8 Å². The van der Waals surface area contributed by atoms with Crippen molar-refractivity contribution in [3.63, 3.8) is 0 Å². The second-order valence-corrected chi connectivity index (χ2v) is 5.02. The summed E-state index contributed by atoms with van der Waals surface area (Å²) in [6.07, 6.45) is 0. The van der Waals surface area contributed by atoms with Crippen LogP contribution in [0, 0.1) is 0 Å². The van der Waals surface area contributed by atoms with Crippen molar-refractivity contribution < 1.29 is 0 Å². The molecule has 3 aromatic rings. The molecule has 2 aromatic heterocycles. The molecule has 1 aromatic carbocycles. The Hall–Kier alpha value is -2.02. The van der Waals surface area contributed by atoms with E-state index in [1.807, 2.05) is 42.3 Å².